The van der Waals surface area contributed by atoms with Gasteiger partial charge in [-0.25, -0.2) is 4.39 Å². The lowest BCUT2D eigenvalue weighted by Gasteiger charge is -2.14. The number of aliphatic hydroxyl groups excluding tert-OH is 1. The van der Waals surface area contributed by atoms with E-state index in [-0.39, 0.29) is 18.3 Å². The third kappa shape index (κ3) is 1.97. The van der Waals surface area contributed by atoms with E-state index >= 15 is 0 Å². The lowest BCUT2D eigenvalue weighted by molar-refractivity contribution is 0.267. The number of hydrogen-bond donors (Lipinski definition) is 1. The second-order valence-corrected chi connectivity index (χ2v) is 3.93. The van der Waals surface area contributed by atoms with Crippen molar-refractivity contribution in [3.8, 4) is 11.5 Å². The van der Waals surface area contributed by atoms with Crippen LogP contribution in [-0.4, -0.2) is 24.9 Å². The fraction of sp³-hybridized carbons (Fsp3) is 0.500. The van der Waals surface area contributed by atoms with Crippen LogP contribution in [0.3, 0.4) is 0 Å². The molecule has 1 aliphatic rings. The molecule has 0 spiro atoms. The van der Waals surface area contributed by atoms with Gasteiger partial charge in [0.1, 0.15) is 0 Å². The van der Waals surface area contributed by atoms with Crippen molar-refractivity contribution in [1.29, 1.82) is 0 Å². The van der Waals surface area contributed by atoms with Crippen LogP contribution >= 0.6 is 0 Å². The molecule has 2 rings (SSSR count). The average molecular weight is 226 g/mol. The summed E-state index contributed by atoms with van der Waals surface area (Å²) in [6, 6.07) is 3.34. The van der Waals surface area contributed by atoms with Gasteiger partial charge >= 0.3 is 0 Å². The molecule has 3 nitrogen and oxygen atoms in total. The third-order valence-corrected chi connectivity index (χ3v) is 2.69. The molecule has 1 N–H and O–H groups in total. The van der Waals surface area contributed by atoms with E-state index < -0.39 is 5.82 Å². The van der Waals surface area contributed by atoms with Crippen molar-refractivity contribution in [3.05, 3.63) is 23.5 Å². The van der Waals surface area contributed by atoms with Crippen molar-refractivity contribution in [2.24, 2.45) is 0 Å². The van der Waals surface area contributed by atoms with Crippen LogP contribution in [0.4, 0.5) is 4.39 Å². The molecule has 0 saturated heterocycles. The molecule has 4 heteroatoms. The van der Waals surface area contributed by atoms with Crippen LogP contribution in [0.2, 0.25) is 0 Å². The van der Waals surface area contributed by atoms with Crippen LogP contribution in [-0.2, 0) is 0 Å². The minimum Gasteiger partial charge on any atom is -0.489 e. The predicted molar refractivity (Wildman–Crippen MR) is 57.5 cm³/mol. The van der Waals surface area contributed by atoms with E-state index in [9.17, 15) is 4.39 Å². The molecular formula is C12H15FO3. The van der Waals surface area contributed by atoms with E-state index in [0.29, 0.717) is 24.5 Å². The van der Waals surface area contributed by atoms with Gasteiger partial charge < -0.3 is 14.6 Å². The maximum atomic E-state index is 14.1. The molecule has 0 radical (unpaired) electrons. The maximum absolute atomic E-state index is 14.1. The number of fused-ring (bicyclic) bond motifs is 1. The molecule has 1 atom stereocenters. The van der Waals surface area contributed by atoms with Gasteiger partial charge in [0.25, 0.3) is 0 Å². The summed E-state index contributed by atoms with van der Waals surface area (Å²) >= 11 is 0. The zero-order valence-corrected chi connectivity index (χ0v) is 9.20. The van der Waals surface area contributed by atoms with E-state index in [4.69, 9.17) is 14.6 Å². The molecule has 0 fully saturated rings. The maximum Gasteiger partial charge on any atom is 0.197 e. The van der Waals surface area contributed by atoms with Crippen LogP contribution in [0.25, 0.3) is 0 Å². The summed E-state index contributed by atoms with van der Waals surface area (Å²) in [5, 5.41) is 9.03. The van der Waals surface area contributed by atoms with Crippen LogP contribution in [0.5, 0.6) is 11.5 Å². The number of hydrogen-bond acceptors (Lipinski definition) is 3. The van der Waals surface area contributed by atoms with Crippen molar-refractivity contribution in [2.45, 2.75) is 19.3 Å². The van der Waals surface area contributed by atoms with Crippen LogP contribution in [0, 0.1) is 5.82 Å². The lowest BCUT2D eigenvalue weighted by atomic mass is 10.0. The van der Waals surface area contributed by atoms with E-state index in [1.165, 1.54) is 0 Å². The van der Waals surface area contributed by atoms with Crippen molar-refractivity contribution in [2.75, 3.05) is 19.8 Å². The third-order valence-electron chi connectivity index (χ3n) is 2.69. The summed E-state index contributed by atoms with van der Waals surface area (Å²) in [5.41, 5.74) is 0.465. The smallest absolute Gasteiger partial charge is 0.197 e. The molecule has 0 bridgehead atoms. The summed E-state index contributed by atoms with van der Waals surface area (Å²) in [6.07, 6.45) is 0.749. The van der Waals surface area contributed by atoms with Crippen LogP contribution < -0.4 is 9.47 Å². The van der Waals surface area contributed by atoms with Gasteiger partial charge in [-0.2, -0.15) is 0 Å². The first-order valence-electron chi connectivity index (χ1n) is 5.43. The van der Waals surface area contributed by atoms with Gasteiger partial charge in [0.2, 0.25) is 0 Å². The fourth-order valence-electron chi connectivity index (χ4n) is 1.70. The Morgan fingerprint density at radius 2 is 2.12 bits per heavy atom. The Kier molecular flexibility index (Phi) is 3.29. The lowest BCUT2D eigenvalue weighted by Crippen LogP contribution is -2.05. The van der Waals surface area contributed by atoms with Crippen molar-refractivity contribution < 1.29 is 19.0 Å². The summed E-state index contributed by atoms with van der Waals surface area (Å²) in [5.74, 6) is -0.0303. The quantitative estimate of drug-likeness (QED) is 0.839. The standard InChI is InChI=1S/C12H15FO3/c1-8(7-14)9-3-4-10-12(11(9)13)16-6-2-5-15-10/h3-4,8,14H,2,5-7H2,1H3. The Morgan fingerprint density at radius 3 is 2.88 bits per heavy atom. The minimum absolute atomic E-state index is 0.0867. The zero-order chi connectivity index (χ0) is 11.5. The Labute approximate surface area is 93.8 Å². The molecule has 1 aromatic rings. The van der Waals surface area contributed by atoms with Gasteiger partial charge in [-0.1, -0.05) is 13.0 Å². The molecule has 0 aromatic heterocycles. The zero-order valence-electron chi connectivity index (χ0n) is 9.20. The molecule has 0 amide bonds. The van der Waals surface area contributed by atoms with Gasteiger partial charge in [0, 0.05) is 18.9 Å². The van der Waals surface area contributed by atoms with E-state index in [1.807, 2.05) is 0 Å². The second-order valence-electron chi connectivity index (χ2n) is 3.93. The number of ether oxygens (including phenoxy) is 2. The number of halogens is 1. The van der Waals surface area contributed by atoms with Gasteiger partial charge in [0.15, 0.2) is 17.3 Å². The molecule has 0 aliphatic carbocycles. The summed E-state index contributed by atoms with van der Waals surface area (Å²) in [7, 11) is 0. The van der Waals surface area contributed by atoms with E-state index in [0.717, 1.165) is 6.42 Å². The van der Waals surface area contributed by atoms with E-state index in [1.54, 1.807) is 19.1 Å². The first kappa shape index (κ1) is 11.2. The van der Waals surface area contributed by atoms with Crippen LogP contribution in [0.15, 0.2) is 12.1 Å². The molecule has 1 aromatic carbocycles. The average Bonchev–Trinajstić information content (AvgIpc) is 2.54. The highest BCUT2D eigenvalue weighted by molar-refractivity contribution is 5.46. The van der Waals surface area contributed by atoms with Crippen LogP contribution in [0.1, 0.15) is 24.8 Å². The first-order valence-corrected chi connectivity index (χ1v) is 5.43. The summed E-state index contributed by atoms with van der Waals surface area (Å²) in [4.78, 5) is 0. The van der Waals surface area contributed by atoms with E-state index in [2.05, 4.69) is 0 Å². The first-order chi connectivity index (χ1) is 7.74. The Morgan fingerprint density at radius 1 is 1.38 bits per heavy atom. The number of aliphatic hydroxyl groups is 1. The molecule has 1 aliphatic heterocycles. The molecular weight excluding hydrogens is 211 g/mol. The Hall–Kier alpha value is -1.29. The molecule has 1 heterocycles. The van der Waals surface area contributed by atoms with Crippen molar-refractivity contribution >= 4 is 0 Å². The topological polar surface area (TPSA) is 38.7 Å². The molecule has 1 unspecified atom stereocenters. The van der Waals surface area contributed by atoms with Crippen molar-refractivity contribution in [1.82, 2.24) is 0 Å². The molecule has 88 valence electrons. The van der Waals surface area contributed by atoms with Gasteiger partial charge in [-0.15, -0.1) is 0 Å². The highest BCUT2D eigenvalue weighted by atomic mass is 19.1. The Bertz CT molecular complexity index is 379. The fourth-order valence-corrected chi connectivity index (χ4v) is 1.70. The SMILES string of the molecule is CC(CO)c1ccc2c(c1F)OCCCO2. The van der Waals surface area contributed by atoms with Gasteiger partial charge in [-0.05, 0) is 11.6 Å². The predicted octanol–water partition coefficient (Wildman–Crippen LogP) is 2.08. The monoisotopic (exact) mass is 226 g/mol. The normalized spacial score (nSPS) is 16.7. The number of benzene rings is 1. The highest BCUT2D eigenvalue weighted by Crippen LogP contribution is 2.36. The van der Waals surface area contributed by atoms with Gasteiger partial charge in [-0.3, -0.25) is 0 Å². The summed E-state index contributed by atoms with van der Waals surface area (Å²) < 4.78 is 24.8. The Balaban J connectivity index is 2.41. The second kappa shape index (κ2) is 4.70. The largest absolute Gasteiger partial charge is 0.489 e. The molecule has 0 saturated carbocycles. The summed E-state index contributed by atoms with van der Waals surface area (Å²) in [6.45, 7) is 2.68. The van der Waals surface area contributed by atoms with Crippen molar-refractivity contribution in [3.63, 3.8) is 0 Å². The minimum atomic E-state index is -0.416. The molecule has 16 heavy (non-hydrogen) atoms. The highest BCUT2D eigenvalue weighted by Gasteiger charge is 2.20. The van der Waals surface area contributed by atoms with Gasteiger partial charge in [0.05, 0.1) is 13.2 Å². The number of rotatable bonds is 2.